The average Bonchev–Trinajstić information content (AvgIpc) is 2.92. The van der Waals surface area contributed by atoms with Crippen LogP contribution >= 0.6 is 0 Å². The molecule has 1 N–H and O–H groups in total. The maximum absolute atomic E-state index is 13.4. The summed E-state index contributed by atoms with van der Waals surface area (Å²) in [4.78, 5) is 24.8. The van der Waals surface area contributed by atoms with Crippen LogP contribution in [0.15, 0.2) is 45.7 Å². The van der Waals surface area contributed by atoms with Gasteiger partial charge in [0.1, 0.15) is 12.2 Å². The number of para-hydroxylation sites is 1. The summed E-state index contributed by atoms with van der Waals surface area (Å²) in [5.74, 6) is 1.83. The van der Waals surface area contributed by atoms with Gasteiger partial charge >= 0.3 is 0 Å². The van der Waals surface area contributed by atoms with E-state index >= 15 is 0 Å². The molecule has 2 saturated heterocycles. The number of fused-ring (bicyclic) bond motifs is 1. The van der Waals surface area contributed by atoms with E-state index in [-0.39, 0.29) is 5.43 Å². The first-order valence-electron chi connectivity index (χ1n) is 12.8. The highest BCUT2D eigenvalue weighted by atomic mass is 16.5. The second-order valence-electron chi connectivity index (χ2n) is 9.20. The van der Waals surface area contributed by atoms with Crippen molar-refractivity contribution in [2.24, 2.45) is 0 Å². The molecular weight excluding hydrogens is 458 g/mol. The van der Waals surface area contributed by atoms with Gasteiger partial charge in [0, 0.05) is 58.6 Å². The molecular formula is C27H35N5O4. The van der Waals surface area contributed by atoms with Gasteiger partial charge in [0.25, 0.3) is 0 Å². The van der Waals surface area contributed by atoms with Crippen molar-refractivity contribution in [3.63, 3.8) is 0 Å². The largest absolute Gasteiger partial charge is 0.484 e. The second-order valence-corrected chi connectivity index (χ2v) is 9.20. The summed E-state index contributed by atoms with van der Waals surface area (Å²) in [7, 11) is 0. The fraction of sp³-hybridized carbons (Fsp3) is 0.481. The first kappa shape index (κ1) is 24.4. The summed E-state index contributed by atoms with van der Waals surface area (Å²) in [5.41, 5.74) is 2.52. The zero-order valence-corrected chi connectivity index (χ0v) is 21.2. The number of benzene rings is 1. The molecule has 0 atom stereocenters. The third kappa shape index (κ3) is 5.12. The number of nitrogens with one attached hydrogen (secondary N) is 1. The van der Waals surface area contributed by atoms with Crippen molar-refractivity contribution in [3.8, 4) is 5.75 Å². The summed E-state index contributed by atoms with van der Waals surface area (Å²) in [5, 5.41) is 3.96. The lowest BCUT2D eigenvalue weighted by Crippen LogP contribution is -2.48. The van der Waals surface area contributed by atoms with E-state index < -0.39 is 0 Å². The van der Waals surface area contributed by atoms with Crippen LogP contribution in [0.25, 0.3) is 11.0 Å². The molecule has 2 aliphatic rings. The number of piperazine rings is 1. The van der Waals surface area contributed by atoms with E-state index in [1.165, 1.54) is 0 Å². The summed E-state index contributed by atoms with van der Waals surface area (Å²) in [6, 6.07) is 9.69. The van der Waals surface area contributed by atoms with E-state index in [0.717, 1.165) is 56.3 Å². The van der Waals surface area contributed by atoms with Gasteiger partial charge in [0.05, 0.1) is 24.3 Å². The Morgan fingerprint density at radius 1 is 1.03 bits per heavy atom. The third-order valence-electron chi connectivity index (χ3n) is 6.83. The van der Waals surface area contributed by atoms with E-state index in [2.05, 4.69) is 38.0 Å². The van der Waals surface area contributed by atoms with Crippen molar-refractivity contribution in [2.45, 2.75) is 13.8 Å². The number of pyridine rings is 1. The number of ether oxygens (including phenoxy) is 2. The number of aromatic nitrogens is 1. The number of hydrogen-bond acceptors (Lipinski definition) is 9. The molecule has 9 heteroatoms. The Bertz CT molecular complexity index is 1230. The minimum atomic E-state index is -0.114. The van der Waals surface area contributed by atoms with Crippen molar-refractivity contribution in [3.05, 3.63) is 52.3 Å². The molecule has 2 fully saturated rings. The molecule has 0 unspecified atom stereocenters. The molecule has 36 heavy (non-hydrogen) atoms. The van der Waals surface area contributed by atoms with Crippen LogP contribution in [-0.4, -0.2) is 82.1 Å². The SMILES string of the molecule is CCNc1cccnc1N1CCN(CCOc2c(N3CCOCC3)oc3c(C)cccc3c2=O)CC1. The van der Waals surface area contributed by atoms with Gasteiger partial charge in [-0.25, -0.2) is 4.98 Å². The second kappa shape index (κ2) is 11.2. The van der Waals surface area contributed by atoms with Crippen LogP contribution in [-0.2, 0) is 4.74 Å². The smallest absolute Gasteiger partial charge is 0.243 e. The van der Waals surface area contributed by atoms with Crippen molar-refractivity contribution < 1.29 is 13.9 Å². The maximum Gasteiger partial charge on any atom is 0.243 e. The number of nitrogens with zero attached hydrogens (tertiary/aromatic N) is 4. The fourth-order valence-electron chi connectivity index (χ4n) is 4.87. The topological polar surface area (TPSA) is 83.3 Å². The highest BCUT2D eigenvalue weighted by molar-refractivity contribution is 5.83. The summed E-state index contributed by atoms with van der Waals surface area (Å²) in [6.07, 6.45) is 1.85. The van der Waals surface area contributed by atoms with Crippen molar-refractivity contribution >= 4 is 28.4 Å². The van der Waals surface area contributed by atoms with Crippen molar-refractivity contribution in [1.29, 1.82) is 0 Å². The highest BCUT2D eigenvalue weighted by Crippen LogP contribution is 2.31. The van der Waals surface area contributed by atoms with Crippen LogP contribution in [0, 0.1) is 6.92 Å². The van der Waals surface area contributed by atoms with Crippen LogP contribution in [0.5, 0.6) is 5.75 Å². The quantitative estimate of drug-likeness (QED) is 0.509. The predicted octanol–water partition coefficient (Wildman–Crippen LogP) is 2.97. The van der Waals surface area contributed by atoms with Crippen molar-refractivity contribution in [1.82, 2.24) is 9.88 Å². The molecule has 5 rings (SSSR count). The normalized spacial score (nSPS) is 16.9. The number of hydrogen-bond donors (Lipinski definition) is 1. The lowest BCUT2D eigenvalue weighted by molar-refractivity contribution is 0.120. The molecule has 0 spiro atoms. The Morgan fingerprint density at radius 3 is 2.61 bits per heavy atom. The molecule has 0 bridgehead atoms. The maximum atomic E-state index is 13.4. The van der Waals surface area contributed by atoms with Crippen LogP contribution in [0.1, 0.15) is 12.5 Å². The molecule has 192 valence electrons. The molecule has 4 heterocycles. The molecule has 0 aliphatic carbocycles. The van der Waals surface area contributed by atoms with Crippen LogP contribution in [0.4, 0.5) is 17.4 Å². The Labute approximate surface area is 211 Å². The van der Waals surface area contributed by atoms with Gasteiger partial charge in [-0.15, -0.1) is 0 Å². The molecule has 0 amide bonds. The first-order chi connectivity index (χ1) is 17.7. The van der Waals surface area contributed by atoms with Gasteiger partial charge in [-0.1, -0.05) is 12.1 Å². The van der Waals surface area contributed by atoms with Gasteiger partial charge in [0.2, 0.25) is 17.1 Å². The minimum absolute atomic E-state index is 0.114. The molecule has 3 aromatic rings. The van der Waals surface area contributed by atoms with E-state index in [1.54, 1.807) is 0 Å². The molecule has 1 aromatic carbocycles. The number of rotatable bonds is 8. The first-order valence-corrected chi connectivity index (χ1v) is 12.8. The molecule has 9 nitrogen and oxygen atoms in total. The lowest BCUT2D eigenvalue weighted by Gasteiger charge is -2.36. The van der Waals surface area contributed by atoms with E-state index in [1.807, 2.05) is 37.4 Å². The summed E-state index contributed by atoms with van der Waals surface area (Å²) < 4.78 is 18.0. The van der Waals surface area contributed by atoms with Crippen LogP contribution in [0.3, 0.4) is 0 Å². The minimum Gasteiger partial charge on any atom is -0.484 e. The molecule has 0 radical (unpaired) electrons. The lowest BCUT2D eigenvalue weighted by atomic mass is 10.1. The standard InChI is InChI=1S/C27H35N5O4/c1-3-28-22-8-5-9-29-26(22)31-12-10-30(11-13-31)14-19-35-25-23(33)21-7-4-6-20(2)24(21)36-27(25)32-15-17-34-18-16-32/h4-9,28H,3,10-19H2,1-2H3. The molecule has 2 aromatic heterocycles. The zero-order valence-electron chi connectivity index (χ0n) is 21.2. The summed E-state index contributed by atoms with van der Waals surface area (Å²) in [6.45, 7) is 12.2. The van der Waals surface area contributed by atoms with Gasteiger partial charge < -0.3 is 29.0 Å². The van der Waals surface area contributed by atoms with Gasteiger partial charge in [0.15, 0.2) is 5.82 Å². The highest BCUT2D eigenvalue weighted by Gasteiger charge is 2.25. The van der Waals surface area contributed by atoms with Crippen molar-refractivity contribution in [2.75, 3.05) is 87.3 Å². The van der Waals surface area contributed by atoms with E-state index in [0.29, 0.717) is 55.5 Å². The van der Waals surface area contributed by atoms with Gasteiger partial charge in [-0.2, -0.15) is 0 Å². The Balaban J connectivity index is 1.26. The Hall–Kier alpha value is -3.30. The summed E-state index contributed by atoms with van der Waals surface area (Å²) >= 11 is 0. The van der Waals surface area contributed by atoms with E-state index in [4.69, 9.17) is 13.9 Å². The predicted molar refractivity (Wildman–Crippen MR) is 143 cm³/mol. The number of morpholine rings is 1. The average molecular weight is 494 g/mol. The molecule has 2 aliphatic heterocycles. The van der Waals surface area contributed by atoms with E-state index in [9.17, 15) is 4.79 Å². The fourth-order valence-corrected chi connectivity index (χ4v) is 4.87. The Kier molecular flexibility index (Phi) is 7.58. The molecule has 0 saturated carbocycles. The van der Waals surface area contributed by atoms with Crippen LogP contribution < -0.4 is 25.3 Å². The van der Waals surface area contributed by atoms with Gasteiger partial charge in [-0.3, -0.25) is 9.69 Å². The zero-order chi connectivity index (χ0) is 24.9. The Morgan fingerprint density at radius 2 is 1.83 bits per heavy atom. The monoisotopic (exact) mass is 493 g/mol. The van der Waals surface area contributed by atoms with Crippen LogP contribution in [0.2, 0.25) is 0 Å². The number of anilines is 3. The third-order valence-corrected chi connectivity index (χ3v) is 6.83. The van der Waals surface area contributed by atoms with Gasteiger partial charge in [-0.05, 0) is 37.6 Å². The number of aryl methyl sites for hydroxylation is 1.